The first-order valence-electron chi connectivity index (χ1n) is 7.99. The van der Waals surface area contributed by atoms with Gasteiger partial charge in [0.2, 0.25) is 5.89 Å². The fourth-order valence-electron chi connectivity index (χ4n) is 3.00. The summed E-state index contributed by atoms with van der Waals surface area (Å²) in [5.74, 6) is 2.23. The maximum atomic E-state index is 5.47. The fourth-order valence-corrected chi connectivity index (χ4v) is 3.00. The van der Waals surface area contributed by atoms with Gasteiger partial charge in [-0.3, -0.25) is 9.80 Å². The van der Waals surface area contributed by atoms with Crippen LogP contribution in [0.3, 0.4) is 0 Å². The van der Waals surface area contributed by atoms with Gasteiger partial charge >= 0.3 is 0 Å². The second-order valence-corrected chi connectivity index (χ2v) is 6.31. The van der Waals surface area contributed by atoms with Gasteiger partial charge < -0.3 is 9.26 Å². The van der Waals surface area contributed by atoms with Gasteiger partial charge in [0.25, 0.3) is 0 Å². The van der Waals surface area contributed by atoms with Crippen molar-refractivity contribution in [1.82, 2.24) is 19.9 Å². The lowest BCUT2D eigenvalue weighted by molar-refractivity contribution is 0.0349. The highest BCUT2D eigenvalue weighted by molar-refractivity contribution is 5.05. The van der Waals surface area contributed by atoms with Gasteiger partial charge in [-0.1, -0.05) is 5.16 Å². The zero-order valence-electron chi connectivity index (χ0n) is 13.3. The Balaban J connectivity index is 1.56. The summed E-state index contributed by atoms with van der Waals surface area (Å²) in [6, 6.07) is 0.735. The molecule has 1 aromatic heterocycles. The van der Waals surface area contributed by atoms with Crippen LogP contribution in [0.2, 0.25) is 0 Å². The van der Waals surface area contributed by atoms with E-state index in [4.69, 9.17) is 9.26 Å². The maximum Gasteiger partial charge on any atom is 0.243 e. The first-order valence-corrected chi connectivity index (χ1v) is 7.99. The molecule has 118 valence electrons. The molecule has 2 heterocycles. The highest BCUT2D eigenvalue weighted by Gasteiger charge is 2.32. The van der Waals surface area contributed by atoms with Crippen LogP contribution < -0.4 is 0 Å². The van der Waals surface area contributed by atoms with Gasteiger partial charge in [0, 0.05) is 45.2 Å². The maximum absolute atomic E-state index is 5.47. The lowest BCUT2D eigenvalue weighted by Crippen LogP contribution is -2.53. The Morgan fingerprint density at radius 3 is 2.86 bits per heavy atom. The van der Waals surface area contributed by atoms with E-state index in [1.54, 1.807) is 7.11 Å². The number of methoxy groups -OCH3 is 1. The monoisotopic (exact) mass is 294 g/mol. The average Bonchev–Trinajstić information content (AvgIpc) is 3.23. The minimum atomic E-state index is 0.206. The molecular weight excluding hydrogens is 268 g/mol. The van der Waals surface area contributed by atoms with E-state index in [2.05, 4.69) is 33.8 Å². The number of nitrogens with zero attached hydrogens (tertiary/aromatic N) is 4. The molecule has 0 spiro atoms. The van der Waals surface area contributed by atoms with Crippen molar-refractivity contribution in [2.75, 3.05) is 39.9 Å². The van der Waals surface area contributed by atoms with Crippen LogP contribution in [-0.2, 0) is 4.74 Å². The first kappa shape index (κ1) is 14.9. The zero-order valence-corrected chi connectivity index (χ0v) is 13.3. The van der Waals surface area contributed by atoms with Crippen molar-refractivity contribution in [2.24, 2.45) is 0 Å². The predicted octanol–water partition coefficient (Wildman–Crippen LogP) is 1.66. The van der Waals surface area contributed by atoms with E-state index < -0.39 is 0 Å². The molecular formula is C15H26N4O2. The minimum Gasteiger partial charge on any atom is -0.383 e. The van der Waals surface area contributed by atoms with Crippen molar-refractivity contribution in [3.63, 3.8) is 0 Å². The molecule has 1 saturated heterocycles. The molecule has 0 aromatic carbocycles. The molecule has 0 N–H and O–H groups in total. The number of hydrogen-bond donors (Lipinski definition) is 0. The van der Waals surface area contributed by atoms with Gasteiger partial charge in [0.05, 0.1) is 12.6 Å². The second kappa shape index (κ2) is 6.42. The predicted molar refractivity (Wildman–Crippen MR) is 79.2 cm³/mol. The molecule has 2 aliphatic rings. The summed E-state index contributed by atoms with van der Waals surface area (Å²) in [5, 5.41) is 4.13. The molecule has 0 bridgehead atoms. The number of rotatable bonds is 6. The summed E-state index contributed by atoms with van der Waals surface area (Å²) in [6.07, 6.45) is 2.42. The highest BCUT2D eigenvalue weighted by atomic mass is 16.5. The zero-order chi connectivity index (χ0) is 14.8. The molecule has 1 aliphatic carbocycles. The van der Waals surface area contributed by atoms with E-state index in [1.807, 2.05) is 0 Å². The third kappa shape index (κ3) is 3.44. The summed E-state index contributed by atoms with van der Waals surface area (Å²) in [6.45, 7) is 9.39. The standard InChI is InChI=1S/C15H26N4O2/c1-11-10-19(7-6-18(11)8-9-20-3)12(2)15-16-14(17-21-15)13-4-5-13/h11-13H,4-10H2,1-3H3. The third-order valence-electron chi connectivity index (χ3n) is 4.68. The molecule has 6 heteroatoms. The number of ether oxygens (including phenoxy) is 1. The van der Waals surface area contributed by atoms with E-state index in [-0.39, 0.29) is 6.04 Å². The lowest BCUT2D eigenvalue weighted by Gasteiger charge is -2.41. The largest absolute Gasteiger partial charge is 0.383 e. The summed E-state index contributed by atoms with van der Waals surface area (Å²) in [7, 11) is 1.76. The van der Waals surface area contributed by atoms with Gasteiger partial charge in [-0.2, -0.15) is 4.98 Å². The van der Waals surface area contributed by atoms with Crippen molar-refractivity contribution >= 4 is 0 Å². The molecule has 3 rings (SSSR count). The van der Waals surface area contributed by atoms with Crippen LogP contribution in [0.25, 0.3) is 0 Å². The molecule has 2 unspecified atom stereocenters. The number of piperazine rings is 1. The van der Waals surface area contributed by atoms with Gasteiger partial charge in [-0.05, 0) is 26.7 Å². The van der Waals surface area contributed by atoms with Crippen molar-refractivity contribution in [1.29, 1.82) is 0 Å². The van der Waals surface area contributed by atoms with Crippen molar-refractivity contribution in [2.45, 2.75) is 44.7 Å². The molecule has 1 aliphatic heterocycles. The highest BCUT2D eigenvalue weighted by Crippen LogP contribution is 2.38. The lowest BCUT2D eigenvalue weighted by atomic mass is 10.1. The Hall–Kier alpha value is -0.980. The molecule has 0 radical (unpaired) electrons. The SMILES string of the molecule is COCCN1CCN(C(C)c2nc(C3CC3)no2)CC1C. The van der Waals surface area contributed by atoms with Crippen LogP contribution in [0.15, 0.2) is 4.52 Å². The smallest absolute Gasteiger partial charge is 0.243 e. The number of aromatic nitrogens is 2. The van der Waals surface area contributed by atoms with E-state index in [0.717, 1.165) is 44.5 Å². The molecule has 0 amide bonds. The first-order chi connectivity index (χ1) is 10.2. The molecule has 2 fully saturated rings. The van der Waals surface area contributed by atoms with E-state index in [0.29, 0.717) is 12.0 Å². The van der Waals surface area contributed by atoms with Crippen LogP contribution in [-0.4, -0.2) is 65.9 Å². The third-order valence-corrected chi connectivity index (χ3v) is 4.68. The Morgan fingerprint density at radius 2 is 2.19 bits per heavy atom. The molecule has 21 heavy (non-hydrogen) atoms. The van der Waals surface area contributed by atoms with Gasteiger partial charge in [0.15, 0.2) is 5.82 Å². The van der Waals surface area contributed by atoms with Gasteiger partial charge in [-0.15, -0.1) is 0 Å². The molecule has 2 atom stereocenters. The Labute approximate surface area is 126 Å². The van der Waals surface area contributed by atoms with Crippen molar-refractivity contribution < 1.29 is 9.26 Å². The van der Waals surface area contributed by atoms with Crippen molar-refractivity contribution in [3.8, 4) is 0 Å². The summed E-state index contributed by atoms with van der Waals surface area (Å²) in [5.41, 5.74) is 0. The average molecular weight is 294 g/mol. The fraction of sp³-hybridized carbons (Fsp3) is 0.867. The Kier molecular flexibility index (Phi) is 4.57. The number of hydrogen-bond acceptors (Lipinski definition) is 6. The van der Waals surface area contributed by atoms with Crippen molar-refractivity contribution in [3.05, 3.63) is 11.7 Å². The van der Waals surface area contributed by atoms with Crippen LogP contribution in [0.1, 0.15) is 50.4 Å². The van der Waals surface area contributed by atoms with Crippen LogP contribution in [0.4, 0.5) is 0 Å². The summed E-state index contributed by atoms with van der Waals surface area (Å²) in [4.78, 5) is 9.51. The molecule has 1 aromatic rings. The summed E-state index contributed by atoms with van der Waals surface area (Å²) < 4.78 is 10.7. The summed E-state index contributed by atoms with van der Waals surface area (Å²) >= 11 is 0. The van der Waals surface area contributed by atoms with E-state index in [9.17, 15) is 0 Å². The van der Waals surface area contributed by atoms with Gasteiger partial charge in [0.1, 0.15) is 0 Å². The Morgan fingerprint density at radius 1 is 1.38 bits per heavy atom. The second-order valence-electron chi connectivity index (χ2n) is 6.31. The van der Waals surface area contributed by atoms with E-state index in [1.165, 1.54) is 12.8 Å². The van der Waals surface area contributed by atoms with Crippen LogP contribution in [0, 0.1) is 0 Å². The quantitative estimate of drug-likeness (QED) is 0.795. The Bertz CT molecular complexity index is 460. The van der Waals surface area contributed by atoms with E-state index >= 15 is 0 Å². The minimum absolute atomic E-state index is 0.206. The normalized spacial score (nSPS) is 26.1. The van der Waals surface area contributed by atoms with Crippen LogP contribution in [0.5, 0.6) is 0 Å². The van der Waals surface area contributed by atoms with Crippen LogP contribution >= 0.6 is 0 Å². The molecule has 6 nitrogen and oxygen atoms in total. The molecule has 1 saturated carbocycles. The van der Waals surface area contributed by atoms with Gasteiger partial charge in [-0.25, -0.2) is 0 Å². The topological polar surface area (TPSA) is 54.6 Å².